The minimum atomic E-state index is -0.948. The lowest BCUT2D eigenvalue weighted by atomic mass is 10.2. The summed E-state index contributed by atoms with van der Waals surface area (Å²) in [5.41, 5.74) is 2.47. The third-order valence-electron chi connectivity index (χ3n) is 2.23. The molecule has 0 bridgehead atoms. The van der Waals surface area contributed by atoms with Crippen molar-refractivity contribution in [3.63, 3.8) is 0 Å². The number of halogens is 1. The molecule has 0 unspecified atom stereocenters. The first-order valence-electron chi connectivity index (χ1n) is 4.63. The third-order valence-corrected chi connectivity index (χ3v) is 2.44. The predicted molar refractivity (Wildman–Crippen MR) is 62.4 cm³/mol. The number of H-pyrrole nitrogens is 1. The Balaban J connectivity index is 2.57. The molecule has 0 saturated carbocycles. The Hall–Kier alpha value is -1.81. The summed E-state index contributed by atoms with van der Waals surface area (Å²) < 4.78 is 0. The van der Waals surface area contributed by atoms with Crippen molar-refractivity contribution in [3.05, 3.63) is 34.6 Å². The van der Waals surface area contributed by atoms with E-state index in [9.17, 15) is 4.79 Å². The molecule has 0 aliphatic rings. The number of pyridine rings is 1. The lowest BCUT2D eigenvalue weighted by Gasteiger charge is -1.94. The quantitative estimate of drug-likeness (QED) is 0.622. The van der Waals surface area contributed by atoms with E-state index in [1.807, 2.05) is 0 Å². The lowest BCUT2D eigenvalue weighted by Crippen LogP contribution is -1.95. The molecule has 5 heteroatoms. The zero-order valence-electron chi connectivity index (χ0n) is 8.49. The number of rotatable bonds is 2. The number of carboxylic acids is 1. The summed E-state index contributed by atoms with van der Waals surface area (Å²) in [4.78, 5) is 17.8. The molecule has 0 fully saturated rings. The van der Waals surface area contributed by atoms with Gasteiger partial charge < -0.3 is 10.1 Å². The summed E-state index contributed by atoms with van der Waals surface area (Å²) in [5.74, 6) is -0.948. The fraction of sp³-hybridized carbons (Fsp3) is 0.0909. The monoisotopic (exact) mass is 236 g/mol. The molecule has 2 heterocycles. The Bertz CT molecular complexity index is 587. The van der Waals surface area contributed by atoms with Crippen molar-refractivity contribution in [2.24, 2.45) is 0 Å². The second-order valence-corrected chi connectivity index (χ2v) is 3.79. The SMILES string of the molecule is C/C(=C\c1c[nH]c2ccc(Cl)nc12)C(=O)O. The van der Waals surface area contributed by atoms with Gasteiger partial charge in [-0.15, -0.1) is 0 Å². The van der Waals surface area contributed by atoms with Crippen LogP contribution in [0.3, 0.4) is 0 Å². The summed E-state index contributed by atoms with van der Waals surface area (Å²) in [6.45, 7) is 1.53. The maximum absolute atomic E-state index is 10.7. The Labute approximate surface area is 96.6 Å². The van der Waals surface area contributed by atoms with Gasteiger partial charge in [0.25, 0.3) is 0 Å². The standard InChI is InChI=1S/C11H9ClN2O2/c1-6(11(15)16)4-7-5-13-8-2-3-9(12)14-10(7)8/h2-5,13H,1H3,(H,15,16)/b6-4+. The zero-order chi connectivity index (χ0) is 11.7. The molecule has 2 rings (SSSR count). The largest absolute Gasteiger partial charge is 0.478 e. The average Bonchev–Trinajstić information content (AvgIpc) is 2.61. The van der Waals surface area contributed by atoms with Crippen LogP contribution in [0.2, 0.25) is 5.15 Å². The molecule has 16 heavy (non-hydrogen) atoms. The molecule has 0 aliphatic heterocycles. The molecule has 0 radical (unpaired) electrons. The number of aliphatic carboxylic acids is 1. The fourth-order valence-corrected chi connectivity index (χ4v) is 1.55. The number of carbonyl (C=O) groups is 1. The second kappa shape index (κ2) is 3.98. The van der Waals surface area contributed by atoms with Crippen molar-refractivity contribution < 1.29 is 9.90 Å². The number of fused-ring (bicyclic) bond motifs is 1. The lowest BCUT2D eigenvalue weighted by molar-refractivity contribution is -0.132. The first kappa shape index (κ1) is 10.7. The van der Waals surface area contributed by atoms with E-state index in [1.165, 1.54) is 6.92 Å². The van der Waals surface area contributed by atoms with Crippen LogP contribution < -0.4 is 0 Å². The summed E-state index contributed by atoms with van der Waals surface area (Å²) in [5, 5.41) is 9.17. The highest BCUT2D eigenvalue weighted by atomic mass is 35.5. The van der Waals surface area contributed by atoms with E-state index < -0.39 is 5.97 Å². The zero-order valence-corrected chi connectivity index (χ0v) is 9.25. The molecular weight excluding hydrogens is 228 g/mol. The van der Waals surface area contributed by atoms with Gasteiger partial charge in [-0.05, 0) is 25.1 Å². The number of nitrogens with one attached hydrogen (secondary N) is 1. The minimum absolute atomic E-state index is 0.252. The Kier molecular flexibility index (Phi) is 2.66. The van der Waals surface area contributed by atoms with Crippen molar-refractivity contribution in [2.75, 3.05) is 0 Å². The van der Waals surface area contributed by atoms with Crippen molar-refractivity contribution >= 4 is 34.7 Å². The van der Waals surface area contributed by atoms with Crippen molar-refractivity contribution in [2.45, 2.75) is 6.92 Å². The van der Waals surface area contributed by atoms with Crippen LogP contribution >= 0.6 is 11.6 Å². The number of aromatic nitrogens is 2. The van der Waals surface area contributed by atoms with Gasteiger partial charge in [-0.2, -0.15) is 0 Å². The topological polar surface area (TPSA) is 66.0 Å². The molecule has 0 aliphatic carbocycles. The summed E-state index contributed by atoms with van der Waals surface area (Å²) >= 11 is 5.78. The highest BCUT2D eigenvalue weighted by Gasteiger charge is 2.06. The van der Waals surface area contributed by atoms with Crippen LogP contribution in [0.1, 0.15) is 12.5 Å². The average molecular weight is 237 g/mol. The predicted octanol–water partition coefficient (Wildman–Crippen LogP) is 2.70. The van der Waals surface area contributed by atoms with Gasteiger partial charge in [0.05, 0.1) is 11.0 Å². The van der Waals surface area contributed by atoms with Gasteiger partial charge >= 0.3 is 5.97 Å². The molecule has 4 nitrogen and oxygen atoms in total. The Morgan fingerprint density at radius 3 is 3.00 bits per heavy atom. The van der Waals surface area contributed by atoms with E-state index in [0.29, 0.717) is 10.7 Å². The number of hydrogen-bond donors (Lipinski definition) is 2. The number of carboxylic acid groups (broad SMARTS) is 1. The molecule has 0 spiro atoms. The highest BCUT2D eigenvalue weighted by Crippen LogP contribution is 2.20. The van der Waals surface area contributed by atoms with Gasteiger partial charge in [0.15, 0.2) is 0 Å². The van der Waals surface area contributed by atoms with Crippen LogP contribution in [0.25, 0.3) is 17.1 Å². The molecule has 0 saturated heterocycles. The first-order valence-corrected chi connectivity index (χ1v) is 5.01. The van der Waals surface area contributed by atoms with E-state index in [-0.39, 0.29) is 5.57 Å². The number of aromatic amines is 1. The number of nitrogens with zero attached hydrogens (tertiary/aromatic N) is 1. The molecule has 2 aromatic rings. The normalized spacial score (nSPS) is 12.0. The molecule has 0 amide bonds. The van der Waals surface area contributed by atoms with Gasteiger partial charge in [-0.3, -0.25) is 0 Å². The van der Waals surface area contributed by atoms with E-state index >= 15 is 0 Å². The summed E-state index contributed by atoms with van der Waals surface area (Å²) in [7, 11) is 0. The van der Waals surface area contributed by atoms with Gasteiger partial charge in [0.1, 0.15) is 5.15 Å². The van der Waals surface area contributed by atoms with Gasteiger partial charge in [0, 0.05) is 17.3 Å². The van der Waals surface area contributed by atoms with Crippen LogP contribution in [0.15, 0.2) is 23.9 Å². The highest BCUT2D eigenvalue weighted by molar-refractivity contribution is 6.29. The van der Waals surface area contributed by atoms with Crippen LogP contribution in [0.5, 0.6) is 0 Å². The summed E-state index contributed by atoms with van der Waals surface area (Å²) in [6, 6.07) is 3.48. The second-order valence-electron chi connectivity index (χ2n) is 3.41. The Morgan fingerprint density at radius 2 is 2.31 bits per heavy atom. The minimum Gasteiger partial charge on any atom is -0.478 e. The van der Waals surface area contributed by atoms with Gasteiger partial charge in [-0.1, -0.05) is 11.6 Å². The third kappa shape index (κ3) is 1.92. The maximum atomic E-state index is 10.7. The van der Waals surface area contributed by atoms with E-state index in [1.54, 1.807) is 24.4 Å². The maximum Gasteiger partial charge on any atom is 0.331 e. The molecule has 0 aromatic carbocycles. The Morgan fingerprint density at radius 1 is 1.56 bits per heavy atom. The van der Waals surface area contributed by atoms with Crippen LogP contribution in [-0.2, 0) is 4.79 Å². The van der Waals surface area contributed by atoms with Crippen LogP contribution in [0.4, 0.5) is 0 Å². The molecule has 2 N–H and O–H groups in total. The van der Waals surface area contributed by atoms with Crippen molar-refractivity contribution in [3.8, 4) is 0 Å². The van der Waals surface area contributed by atoms with E-state index in [4.69, 9.17) is 16.7 Å². The number of hydrogen-bond acceptors (Lipinski definition) is 2. The smallest absolute Gasteiger partial charge is 0.331 e. The fourth-order valence-electron chi connectivity index (χ4n) is 1.40. The molecule has 0 atom stereocenters. The molecule has 82 valence electrons. The van der Waals surface area contributed by atoms with Crippen LogP contribution in [-0.4, -0.2) is 21.0 Å². The van der Waals surface area contributed by atoms with Crippen molar-refractivity contribution in [1.29, 1.82) is 0 Å². The van der Waals surface area contributed by atoms with E-state index in [0.717, 1.165) is 11.1 Å². The van der Waals surface area contributed by atoms with Crippen molar-refractivity contribution in [1.82, 2.24) is 9.97 Å². The first-order chi connectivity index (χ1) is 7.58. The van der Waals surface area contributed by atoms with Gasteiger partial charge in [-0.25, -0.2) is 9.78 Å². The van der Waals surface area contributed by atoms with Crippen LogP contribution in [0, 0.1) is 0 Å². The van der Waals surface area contributed by atoms with E-state index in [2.05, 4.69) is 9.97 Å². The molecule has 2 aromatic heterocycles. The summed E-state index contributed by atoms with van der Waals surface area (Å²) in [6.07, 6.45) is 3.27. The van der Waals surface area contributed by atoms with Gasteiger partial charge in [0.2, 0.25) is 0 Å². The molecular formula is C11H9ClN2O2.